The molecule has 11 heavy (non-hydrogen) atoms. The molecule has 0 aliphatic carbocycles. The predicted octanol–water partition coefficient (Wildman–Crippen LogP) is 0.0143. The van der Waals surface area contributed by atoms with Gasteiger partial charge in [0.1, 0.15) is 6.73 Å². The van der Waals surface area contributed by atoms with E-state index in [4.69, 9.17) is 4.74 Å². The maximum Gasteiger partial charge on any atom is 0.213 e. The molecule has 0 aromatic rings. The van der Waals surface area contributed by atoms with Crippen molar-refractivity contribution in [2.24, 2.45) is 0 Å². The van der Waals surface area contributed by atoms with Gasteiger partial charge in [0.2, 0.25) is 10.0 Å². The highest BCUT2D eigenvalue weighted by molar-refractivity contribution is 7.88. The van der Waals surface area contributed by atoms with Crippen LogP contribution in [0.1, 0.15) is 13.8 Å². The summed E-state index contributed by atoms with van der Waals surface area (Å²) >= 11 is 0. The third-order valence-electron chi connectivity index (χ3n) is 1.74. The molecule has 0 spiro atoms. The topological polar surface area (TPSA) is 46.6 Å². The van der Waals surface area contributed by atoms with Gasteiger partial charge >= 0.3 is 0 Å². The van der Waals surface area contributed by atoms with Gasteiger partial charge < -0.3 is 4.74 Å². The summed E-state index contributed by atoms with van der Waals surface area (Å²) in [6.07, 6.45) is 1.20. The highest BCUT2D eigenvalue weighted by atomic mass is 32.2. The predicted molar refractivity (Wildman–Crippen MR) is 41.6 cm³/mol. The summed E-state index contributed by atoms with van der Waals surface area (Å²) in [7, 11) is -3.10. The second-order valence-corrected chi connectivity index (χ2v) is 5.31. The minimum atomic E-state index is -3.10. The average molecular weight is 179 g/mol. The Balaban J connectivity index is 2.91. The molecule has 0 atom stereocenters. The largest absolute Gasteiger partial charge is 0.363 e. The van der Waals surface area contributed by atoms with Crippen molar-refractivity contribution in [3.8, 4) is 0 Å². The quantitative estimate of drug-likeness (QED) is 0.570. The first-order valence-corrected chi connectivity index (χ1v) is 5.24. The first kappa shape index (κ1) is 8.96. The Morgan fingerprint density at radius 1 is 1.45 bits per heavy atom. The molecular formula is C6H13NO3S. The Bertz CT molecular complexity index is 245. The summed E-state index contributed by atoms with van der Waals surface area (Å²) in [6.45, 7) is 4.36. The number of hydrogen-bond donors (Lipinski definition) is 0. The van der Waals surface area contributed by atoms with Crippen molar-refractivity contribution in [3.63, 3.8) is 0 Å². The minimum absolute atomic E-state index is 0.186. The molecule has 66 valence electrons. The van der Waals surface area contributed by atoms with E-state index < -0.39 is 10.0 Å². The third kappa shape index (κ3) is 1.72. The Labute approximate surface area is 67.2 Å². The van der Waals surface area contributed by atoms with Crippen molar-refractivity contribution >= 4 is 10.0 Å². The molecule has 1 rings (SSSR count). The lowest BCUT2D eigenvalue weighted by molar-refractivity contribution is 0.171. The lowest BCUT2D eigenvalue weighted by atomic mass is 10.1. The van der Waals surface area contributed by atoms with E-state index in [0.29, 0.717) is 6.61 Å². The lowest BCUT2D eigenvalue weighted by Gasteiger charge is -2.26. The lowest BCUT2D eigenvalue weighted by Crippen LogP contribution is -2.43. The van der Waals surface area contributed by atoms with Crippen molar-refractivity contribution in [2.75, 3.05) is 19.6 Å². The van der Waals surface area contributed by atoms with Crippen LogP contribution in [0.4, 0.5) is 0 Å². The van der Waals surface area contributed by atoms with Crippen LogP contribution in [-0.4, -0.2) is 37.9 Å². The van der Waals surface area contributed by atoms with Crippen LogP contribution in [0.25, 0.3) is 0 Å². The van der Waals surface area contributed by atoms with E-state index >= 15 is 0 Å². The minimum Gasteiger partial charge on any atom is -0.363 e. The van der Waals surface area contributed by atoms with Gasteiger partial charge in [-0.15, -0.1) is 0 Å². The maximum absolute atomic E-state index is 11.1. The molecule has 0 amide bonds. The highest BCUT2D eigenvalue weighted by Crippen LogP contribution is 2.23. The van der Waals surface area contributed by atoms with Gasteiger partial charge in [-0.1, -0.05) is 0 Å². The van der Waals surface area contributed by atoms with Crippen molar-refractivity contribution in [1.82, 2.24) is 4.31 Å². The molecule has 5 heteroatoms. The van der Waals surface area contributed by atoms with Crippen LogP contribution in [0.15, 0.2) is 0 Å². The number of hydrogen-bond acceptors (Lipinski definition) is 3. The van der Waals surface area contributed by atoms with Crippen LogP contribution < -0.4 is 0 Å². The smallest absolute Gasteiger partial charge is 0.213 e. The number of ether oxygens (including phenoxy) is 1. The Morgan fingerprint density at radius 2 is 2.00 bits per heavy atom. The highest BCUT2D eigenvalue weighted by Gasteiger charge is 2.38. The van der Waals surface area contributed by atoms with Crippen LogP contribution in [0.5, 0.6) is 0 Å². The fourth-order valence-electron chi connectivity index (χ4n) is 1.17. The van der Waals surface area contributed by atoms with Crippen LogP contribution in [0, 0.1) is 0 Å². The molecule has 1 saturated heterocycles. The Hall–Kier alpha value is -0.130. The molecule has 0 unspecified atom stereocenters. The zero-order valence-electron chi connectivity index (χ0n) is 6.99. The Morgan fingerprint density at radius 3 is 2.18 bits per heavy atom. The van der Waals surface area contributed by atoms with E-state index in [0.717, 1.165) is 0 Å². The normalized spacial score (nSPS) is 25.7. The van der Waals surface area contributed by atoms with Crippen molar-refractivity contribution in [3.05, 3.63) is 0 Å². The number of rotatable bonds is 1. The number of sulfonamides is 1. The van der Waals surface area contributed by atoms with E-state index in [2.05, 4.69) is 0 Å². The van der Waals surface area contributed by atoms with Crippen LogP contribution in [0.2, 0.25) is 0 Å². The van der Waals surface area contributed by atoms with Gasteiger partial charge in [-0.25, -0.2) is 8.42 Å². The van der Waals surface area contributed by atoms with Gasteiger partial charge in [-0.2, -0.15) is 4.31 Å². The first-order valence-electron chi connectivity index (χ1n) is 3.39. The van der Waals surface area contributed by atoms with Crippen molar-refractivity contribution < 1.29 is 13.2 Å². The van der Waals surface area contributed by atoms with Crippen LogP contribution in [0.3, 0.4) is 0 Å². The molecule has 0 N–H and O–H groups in total. The molecule has 0 bridgehead atoms. The molecule has 0 radical (unpaired) electrons. The molecule has 1 heterocycles. The van der Waals surface area contributed by atoms with Gasteiger partial charge in [0.15, 0.2) is 0 Å². The summed E-state index contributed by atoms with van der Waals surface area (Å²) in [6, 6.07) is 0. The molecule has 0 saturated carbocycles. The first-order chi connectivity index (χ1) is 4.84. The van der Waals surface area contributed by atoms with Gasteiger partial charge in [0.05, 0.1) is 18.4 Å². The molecule has 0 aromatic carbocycles. The zero-order chi connectivity index (χ0) is 8.70. The van der Waals surface area contributed by atoms with Gasteiger partial charge in [0.25, 0.3) is 0 Å². The van der Waals surface area contributed by atoms with Crippen LogP contribution >= 0.6 is 0 Å². The van der Waals surface area contributed by atoms with E-state index in [-0.39, 0.29) is 12.3 Å². The van der Waals surface area contributed by atoms with Gasteiger partial charge in [-0.05, 0) is 13.8 Å². The molecule has 4 nitrogen and oxygen atoms in total. The number of nitrogens with zero attached hydrogens (tertiary/aromatic N) is 1. The molecule has 1 aliphatic rings. The third-order valence-corrected chi connectivity index (χ3v) is 3.14. The van der Waals surface area contributed by atoms with E-state index in [1.807, 2.05) is 13.8 Å². The van der Waals surface area contributed by atoms with Gasteiger partial charge in [0, 0.05) is 0 Å². The summed E-state index contributed by atoms with van der Waals surface area (Å²) in [4.78, 5) is 0. The van der Waals surface area contributed by atoms with E-state index in [9.17, 15) is 8.42 Å². The molecular weight excluding hydrogens is 166 g/mol. The fourth-order valence-corrected chi connectivity index (χ4v) is 2.39. The molecule has 1 fully saturated rings. The summed E-state index contributed by atoms with van der Waals surface area (Å²) in [5.74, 6) is 0. The standard InChI is InChI=1S/C6H13NO3S/c1-6(2)4-10-5-7(6)11(3,8)9/h4-5H2,1-3H3. The molecule has 1 aliphatic heterocycles. The second kappa shape index (κ2) is 2.43. The SMILES string of the molecule is CC1(C)COCN1S(C)(=O)=O. The summed E-state index contributed by atoms with van der Waals surface area (Å²) in [5.41, 5.74) is -0.381. The van der Waals surface area contributed by atoms with Gasteiger partial charge in [-0.3, -0.25) is 0 Å². The summed E-state index contributed by atoms with van der Waals surface area (Å²) in [5, 5.41) is 0. The van der Waals surface area contributed by atoms with E-state index in [1.54, 1.807) is 0 Å². The monoisotopic (exact) mass is 179 g/mol. The van der Waals surface area contributed by atoms with Crippen LogP contribution in [-0.2, 0) is 14.8 Å². The zero-order valence-corrected chi connectivity index (χ0v) is 7.81. The fraction of sp³-hybridized carbons (Fsp3) is 1.00. The van der Waals surface area contributed by atoms with Crippen molar-refractivity contribution in [1.29, 1.82) is 0 Å². The van der Waals surface area contributed by atoms with Crippen molar-refractivity contribution in [2.45, 2.75) is 19.4 Å². The summed E-state index contributed by atoms with van der Waals surface area (Å²) < 4.78 is 28.6. The Kier molecular flexibility index (Phi) is 1.98. The van der Waals surface area contributed by atoms with E-state index in [1.165, 1.54) is 10.6 Å². The second-order valence-electron chi connectivity index (χ2n) is 3.40. The average Bonchev–Trinajstić information content (AvgIpc) is 2.06. The molecule has 0 aromatic heterocycles. The maximum atomic E-state index is 11.1.